The summed E-state index contributed by atoms with van der Waals surface area (Å²) in [5, 5.41) is 0. The molecule has 0 radical (unpaired) electrons. The fourth-order valence-electron chi connectivity index (χ4n) is 1.53. The van der Waals surface area contributed by atoms with Crippen molar-refractivity contribution in [2.45, 2.75) is 60.5 Å². The Hall–Kier alpha value is 1.12. The number of allylic oxidation sites excluding steroid dienone is 4. The average molecular weight is 413 g/mol. The van der Waals surface area contributed by atoms with Crippen LogP contribution >= 0.6 is 62.3 Å². The van der Waals surface area contributed by atoms with E-state index in [0.29, 0.717) is 4.83 Å². The molecule has 5 heteroatoms. The molecular formula is C14H23BrCl4. The van der Waals surface area contributed by atoms with Crippen molar-refractivity contribution in [2.24, 2.45) is 0 Å². The second-order valence-electron chi connectivity index (χ2n) is 4.06. The topological polar surface area (TPSA) is 0 Å². The maximum absolute atomic E-state index is 4.83. The van der Waals surface area contributed by atoms with Crippen LogP contribution in [-0.4, -0.2) is 8.08 Å². The van der Waals surface area contributed by atoms with Gasteiger partial charge in [0.15, 0.2) is 0 Å². The third kappa shape index (κ3) is 24.5. The van der Waals surface area contributed by atoms with Crippen LogP contribution in [0.4, 0.5) is 0 Å². The minimum atomic E-state index is -1.61. The summed E-state index contributed by atoms with van der Waals surface area (Å²) in [5.41, 5.74) is 0. The molecular weight excluding hydrogens is 390 g/mol. The summed E-state index contributed by atoms with van der Waals surface area (Å²) < 4.78 is -1.61. The molecule has 0 spiro atoms. The van der Waals surface area contributed by atoms with Gasteiger partial charge in [0.05, 0.1) is 0 Å². The zero-order valence-electron chi connectivity index (χ0n) is 10.2. The van der Waals surface area contributed by atoms with Crippen LogP contribution in [0, 0.1) is 0 Å². The van der Waals surface area contributed by atoms with Crippen LogP contribution in [0.1, 0.15) is 52.4 Å². The van der Waals surface area contributed by atoms with Crippen LogP contribution in [0.3, 0.4) is 0 Å². The minimum absolute atomic E-state index is 0. The van der Waals surface area contributed by atoms with Crippen LogP contribution < -0.4 is 0 Å². The number of hydrogen-bond acceptors (Lipinski definition) is 0. The van der Waals surface area contributed by atoms with E-state index in [0.717, 1.165) is 0 Å². The van der Waals surface area contributed by atoms with Gasteiger partial charge in [0.2, 0.25) is 0 Å². The Morgan fingerprint density at radius 1 is 0.842 bits per heavy atom. The van der Waals surface area contributed by atoms with Crippen LogP contribution in [0.15, 0.2) is 24.3 Å². The number of rotatable bonds is 0. The predicted molar refractivity (Wildman–Crippen MR) is 96.2 cm³/mol. The molecule has 0 N–H and O–H groups in total. The van der Waals surface area contributed by atoms with E-state index in [1.807, 2.05) is 0 Å². The average Bonchev–Trinajstić information content (AvgIpc) is 2.31. The van der Waals surface area contributed by atoms with Crippen LogP contribution in [0.25, 0.3) is 0 Å². The summed E-state index contributed by atoms with van der Waals surface area (Å²) in [6.45, 7) is 0. The fraction of sp³-hybridized carbons (Fsp3) is 0.714. The summed E-state index contributed by atoms with van der Waals surface area (Å²) >= 11 is 22.8. The molecule has 1 unspecified atom stereocenters. The van der Waals surface area contributed by atoms with Gasteiger partial charge in [-0.3, -0.25) is 0 Å². The SMILES string of the molecule is BrC1C=CCCC1.C.C1=CCCCC1.ClC(Cl)(Cl)Cl. The minimum Gasteiger partial charge on any atom is -0.0885 e. The van der Waals surface area contributed by atoms with Crippen LogP contribution in [-0.2, 0) is 0 Å². The van der Waals surface area contributed by atoms with Gasteiger partial charge in [0.25, 0.3) is 3.25 Å². The summed E-state index contributed by atoms with van der Waals surface area (Å²) in [5.74, 6) is 0. The molecule has 1 atom stereocenters. The lowest BCUT2D eigenvalue weighted by Gasteiger charge is -2.06. The van der Waals surface area contributed by atoms with Crippen molar-refractivity contribution in [3.05, 3.63) is 24.3 Å². The number of halogens is 5. The van der Waals surface area contributed by atoms with Gasteiger partial charge >= 0.3 is 0 Å². The van der Waals surface area contributed by atoms with Gasteiger partial charge < -0.3 is 0 Å². The van der Waals surface area contributed by atoms with Crippen molar-refractivity contribution in [2.75, 3.05) is 0 Å². The number of alkyl halides is 5. The third-order valence-corrected chi connectivity index (χ3v) is 3.12. The van der Waals surface area contributed by atoms with Crippen LogP contribution in [0.5, 0.6) is 0 Å². The van der Waals surface area contributed by atoms with Gasteiger partial charge in [0.1, 0.15) is 0 Å². The molecule has 0 aliphatic heterocycles. The zero-order valence-corrected chi connectivity index (χ0v) is 14.8. The Kier molecular flexibility index (Phi) is 16.6. The van der Waals surface area contributed by atoms with Gasteiger partial charge in [-0.05, 0) is 44.9 Å². The molecule has 0 aromatic carbocycles. The molecule has 2 aliphatic carbocycles. The quantitative estimate of drug-likeness (QED) is 0.281. The maximum atomic E-state index is 4.83. The van der Waals surface area contributed by atoms with Gasteiger partial charge in [-0.2, -0.15) is 0 Å². The van der Waals surface area contributed by atoms with Crippen LogP contribution in [0.2, 0.25) is 0 Å². The van der Waals surface area contributed by atoms with Gasteiger partial charge in [-0.1, -0.05) is 94.1 Å². The van der Waals surface area contributed by atoms with Crippen molar-refractivity contribution in [3.8, 4) is 0 Å². The fourth-order valence-corrected chi connectivity index (χ4v) is 2.07. The second kappa shape index (κ2) is 14.1. The lowest BCUT2D eigenvalue weighted by atomic mass is 10.1. The molecule has 2 rings (SSSR count). The van der Waals surface area contributed by atoms with Crippen molar-refractivity contribution in [1.82, 2.24) is 0 Å². The first-order chi connectivity index (χ1) is 8.39. The van der Waals surface area contributed by atoms with E-state index in [9.17, 15) is 0 Å². The normalized spacial score (nSPS) is 21.2. The largest absolute Gasteiger partial charge is 0.266 e. The lowest BCUT2D eigenvalue weighted by Crippen LogP contribution is -1.95. The lowest BCUT2D eigenvalue weighted by molar-refractivity contribution is 0.730. The Labute approximate surface area is 146 Å². The molecule has 0 aromatic heterocycles. The van der Waals surface area contributed by atoms with E-state index >= 15 is 0 Å². The molecule has 0 bridgehead atoms. The molecule has 0 saturated heterocycles. The second-order valence-corrected chi connectivity index (χ2v) is 8.66. The van der Waals surface area contributed by atoms with E-state index in [2.05, 4.69) is 40.2 Å². The van der Waals surface area contributed by atoms with E-state index in [1.165, 1.54) is 44.9 Å². The van der Waals surface area contributed by atoms with Crippen molar-refractivity contribution in [1.29, 1.82) is 0 Å². The zero-order chi connectivity index (χ0) is 13.9. The summed E-state index contributed by atoms with van der Waals surface area (Å²) in [6, 6.07) is 0. The molecule has 0 heterocycles. The Morgan fingerprint density at radius 2 is 1.26 bits per heavy atom. The molecule has 0 saturated carbocycles. The van der Waals surface area contributed by atoms with Gasteiger partial charge in [0, 0.05) is 4.83 Å². The molecule has 0 fully saturated rings. The third-order valence-electron chi connectivity index (χ3n) is 2.35. The van der Waals surface area contributed by atoms with E-state index in [1.54, 1.807) is 0 Å². The highest BCUT2D eigenvalue weighted by Crippen LogP contribution is 2.29. The van der Waals surface area contributed by atoms with Crippen molar-refractivity contribution < 1.29 is 0 Å². The highest BCUT2D eigenvalue weighted by atomic mass is 79.9. The molecule has 0 nitrogen and oxygen atoms in total. The first-order valence-electron chi connectivity index (χ1n) is 6.11. The monoisotopic (exact) mass is 410 g/mol. The highest BCUT2D eigenvalue weighted by molar-refractivity contribution is 9.09. The molecule has 2 aliphatic rings. The Morgan fingerprint density at radius 3 is 1.42 bits per heavy atom. The van der Waals surface area contributed by atoms with E-state index in [4.69, 9.17) is 46.4 Å². The first kappa shape index (κ1) is 22.4. The van der Waals surface area contributed by atoms with Crippen molar-refractivity contribution in [3.63, 3.8) is 0 Å². The predicted octanol–water partition coefficient (Wildman–Crippen LogP) is 7.80. The Bertz CT molecular complexity index is 232. The maximum Gasteiger partial charge on any atom is 0.266 e. The summed E-state index contributed by atoms with van der Waals surface area (Å²) in [4.78, 5) is 0.668. The Balaban J connectivity index is 0. The van der Waals surface area contributed by atoms with E-state index in [-0.39, 0.29) is 7.43 Å². The van der Waals surface area contributed by atoms with Gasteiger partial charge in [-0.15, -0.1) is 0 Å². The molecule has 19 heavy (non-hydrogen) atoms. The number of hydrogen-bond donors (Lipinski definition) is 0. The summed E-state index contributed by atoms with van der Waals surface area (Å²) in [6.07, 6.45) is 18.4. The molecule has 114 valence electrons. The van der Waals surface area contributed by atoms with Crippen molar-refractivity contribution >= 4 is 62.3 Å². The standard InChI is InChI=1S/C6H9Br.C6H10.CCl4.CH4/c7-6-4-2-1-3-5-6;1-2-4-6-5-3-1;2-1(3,4)5;/h2,4,6H,1,3,5H2;1-2H,3-6H2;;1H4. The smallest absolute Gasteiger partial charge is 0.0885 e. The first-order valence-corrected chi connectivity index (χ1v) is 8.53. The highest BCUT2D eigenvalue weighted by Gasteiger charge is 2.11. The molecule has 0 amide bonds. The van der Waals surface area contributed by atoms with E-state index < -0.39 is 3.25 Å². The molecule has 0 aromatic rings. The summed E-state index contributed by atoms with van der Waals surface area (Å²) in [7, 11) is 0. The van der Waals surface area contributed by atoms with Gasteiger partial charge in [-0.25, -0.2) is 0 Å².